The van der Waals surface area contributed by atoms with Gasteiger partial charge in [0.05, 0.1) is 5.92 Å². The minimum Gasteiger partial charge on any atom is -0.460 e. The number of ether oxygens (including phenoxy) is 1. The van der Waals surface area contributed by atoms with Crippen molar-refractivity contribution in [2.75, 3.05) is 0 Å². The third-order valence-electron chi connectivity index (χ3n) is 4.49. The van der Waals surface area contributed by atoms with Crippen LogP contribution in [0.4, 0.5) is 0 Å². The Labute approximate surface area is 165 Å². The highest BCUT2D eigenvalue weighted by Gasteiger charge is 2.35. The lowest BCUT2D eigenvalue weighted by Crippen LogP contribution is -2.34. The van der Waals surface area contributed by atoms with Gasteiger partial charge in [-0.3, -0.25) is 4.79 Å². The van der Waals surface area contributed by atoms with Gasteiger partial charge in [0, 0.05) is 5.92 Å². The van der Waals surface area contributed by atoms with E-state index in [0.717, 1.165) is 11.1 Å². The van der Waals surface area contributed by atoms with Gasteiger partial charge in [-0.2, -0.15) is 5.21 Å². The summed E-state index contributed by atoms with van der Waals surface area (Å²) < 4.78 is 5.76. The van der Waals surface area contributed by atoms with E-state index >= 15 is 0 Å². The summed E-state index contributed by atoms with van der Waals surface area (Å²) in [5, 5.41) is 14.6. The zero-order valence-corrected chi connectivity index (χ0v) is 16.5. The van der Waals surface area contributed by atoms with E-state index in [1.807, 2.05) is 81.4 Å². The highest BCUT2D eigenvalue weighted by atomic mass is 16.6. The van der Waals surface area contributed by atoms with Gasteiger partial charge in [0.25, 0.3) is 0 Å². The fourth-order valence-corrected chi connectivity index (χ4v) is 3.24. The van der Waals surface area contributed by atoms with Gasteiger partial charge in [0.2, 0.25) is 0 Å². The number of benzene rings is 2. The first-order valence-corrected chi connectivity index (χ1v) is 9.46. The number of rotatable bonds is 7. The largest absolute Gasteiger partial charge is 0.460 e. The van der Waals surface area contributed by atoms with E-state index in [-0.39, 0.29) is 11.9 Å². The Kier molecular flexibility index (Phi) is 6.19. The van der Waals surface area contributed by atoms with E-state index in [1.165, 1.54) is 0 Å². The van der Waals surface area contributed by atoms with E-state index in [1.54, 1.807) is 0 Å². The summed E-state index contributed by atoms with van der Waals surface area (Å²) in [5.41, 5.74) is 1.61. The molecule has 0 aliphatic heterocycles. The van der Waals surface area contributed by atoms with Gasteiger partial charge < -0.3 is 4.74 Å². The number of aromatic nitrogens is 4. The molecule has 0 spiro atoms. The Morgan fingerprint density at radius 3 is 2.04 bits per heavy atom. The zero-order valence-electron chi connectivity index (χ0n) is 16.5. The van der Waals surface area contributed by atoms with Crippen LogP contribution >= 0.6 is 0 Å². The van der Waals surface area contributed by atoms with E-state index in [9.17, 15) is 4.79 Å². The molecule has 146 valence electrons. The van der Waals surface area contributed by atoms with Crippen molar-refractivity contribution in [3.05, 3.63) is 77.6 Å². The standard InChI is InChI=1S/C22H26N4O2/c1-22(2,3)28-21(27)19(15-17-12-8-5-9-13-17)18(20-23-25-26-24-20)14-16-10-6-4-7-11-16/h4-13,18-19H,14-15H2,1-3H3,(H,23,24,25,26)/t18-,19-/m0/s1. The molecular weight excluding hydrogens is 352 g/mol. The van der Waals surface area contributed by atoms with Crippen molar-refractivity contribution in [2.45, 2.75) is 45.1 Å². The maximum Gasteiger partial charge on any atom is 0.310 e. The summed E-state index contributed by atoms with van der Waals surface area (Å²) in [4.78, 5) is 13.2. The minimum absolute atomic E-state index is 0.248. The predicted octanol–water partition coefficient (Wildman–Crippen LogP) is 3.73. The number of aromatic amines is 1. The Morgan fingerprint density at radius 2 is 1.54 bits per heavy atom. The topological polar surface area (TPSA) is 80.8 Å². The van der Waals surface area contributed by atoms with Crippen LogP contribution < -0.4 is 0 Å². The molecule has 0 saturated heterocycles. The van der Waals surface area contributed by atoms with Gasteiger partial charge in [0.1, 0.15) is 5.60 Å². The Balaban J connectivity index is 1.96. The molecule has 0 amide bonds. The Bertz CT molecular complexity index is 859. The van der Waals surface area contributed by atoms with Gasteiger partial charge in [-0.15, -0.1) is 10.2 Å². The molecule has 1 N–H and O–H groups in total. The number of tetrazole rings is 1. The Hall–Kier alpha value is -3.02. The van der Waals surface area contributed by atoms with Crippen molar-refractivity contribution in [3.63, 3.8) is 0 Å². The fourth-order valence-electron chi connectivity index (χ4n) is 3.24. The van der Waals surface area contributed by atoms with Crippen LogP contribution in [0.5, 0.6) is 0 Å². The molecule has 0 bridgehead atoms. The van der Waals surface area contributed by atoms with Crippen molar-refractivity contribution in [1.82, 2.24) is 20.6 Å². The third-order valence-corrected chi connectivity index (χ3v) is 4.49. The molecular formula is C22H26N4O2. The zero-order chi connectivity index (χ0) is 20.0. The van der Waals surface area contributed by atoms with E-state index in [0.29, 0.717) is 18.7 Å². The molecule has 3 rings (SSSR count). The second kappa shape index (κ2) is 8.78. The maximum atomic E-state index is 13.2. The predicted molar refractivity (Wildman–Crippen MR) is 107 cm³/mol. The molecule has 0 aliphatic carbocycles. The second-order valence-corrected chi connectivity index (χ2v) is 7.90. The molecule has 0 unspecified atom stereocenters. The third kappa shape index (κ3) is 5.49. The van der Waals surface area contributed by atoms with Gasteiger partial charge in [-0.1, -0.05) is 65.9 Å². The smallest absolute Gasteiger partial charge is 0.310 e. The van der Waals surface area contributed by atoms with Gasteiger partial charge in [0.15, 0.2) is 5.82 Å². The lowest BCUT2D eigenvalue weighted by atomic mass is 9.82. The molecule has 1 aromatic heterocycles. The van der Waals surface area contributed by atoms with E-state index < -0.39 is 11.5 Å². The summed E-state index contributed by atoms with van der Waals surface area (Å²) in [6, 6.07) is 20.0. The SMILES string of the molecule is CC(C)(C)OC(=O)[C@@H](Cc1ccccc1)[C@H](Cc1ccccc1)c1nn[nH]n1. The molecule has 0 radical (unpaired) electrons. The lowest BCUT2D eigenvalue weighted by molar-refractivity contribution is -0.161. The maximum absolute atomic E-state index is 13.2. The molecule has 6 nitrogen and oxygen atoms in total. The first-order chi connectivity index (χ1) is 13.4. The first kappa shape index (κ1) is 19.7. The molecule has 28 heavy (non-hydrogen) atoms. The number of esters is 1. The van der Waals surface area contributed by atoms with Crippen LogP contribution in [0.25, 0.3) is 0 Å². The monoisotopic (exact) mass is 378 g/mol. The van der Waals surface area contributed by atoms with Crippen molar-refractivity contribution in [2.24, 2.45) is 5.92 Å². The summed E-state index contributed by atoms with van der Waals surface area (Å²) in [6.07, 6.45) is 1.17. The lowest BCUT2D eigenvalue weighted by Gasteiger charge is -2.28. The number of carbonyl (C=O) groups is 1. The van der Waals surface area contributed by atoms with Gasteiger partial charge in [-0.05, 0) is 44.7 Å². The number of hydrogen-bond donors (Lipinski definition) is 1. The summed E-state index contributed by atoms with van der Waals surface area (Å²) in [5.74, 6) is -0.409. The van der Waals surface area contributed by atoms with E-state index in [2.05, 4.69) is 20.6 Å². The number of H-pyrrole nitrogens is 1. The first-order valence-electron chi connectivity index (χ1n) is 9.46. The minimum atomic E-state index is -0.569. The number of hydrogen-bond acceptors (Lipinski definition) is 5. The van der Waals surface area contributed by atoms with Crippen LogP contribution in [-0.2, 0) is 22.4 Å². The van der Waals surface area contributed by atoms with Crippen LogP contribution in [0.2, 0.25) is 0 Å². The molecule has 0 aliphatic rings. The molecule has 0 fully saturated rings. The van der Waals surface area contributed by atoms with Crippen LogP contribution in [0.3, 0.4) is 0 Å². The van der Waals surface area contributed by atoms with Crippen LogP contribution in [0, 0.1) is 5.92 Å². The van der Waals surface area contributed by atoms with Crippen molar-refractivity contribution in [3.8, 4) is 0 Å². The summed E-state index contributed by atoms with van der Waals surface area (Å²) in [7, 11) is 0. The van der Waals surface area contributed by atoms with Gasteiger partial charge >= 0.3 is 5.97 Å². The normalized spacial score (nSPS) is 13.7. The second-order valence-electron chi connectivity index (χ2n) is 7.90. The number of nitrogens with zero attached hydrogens (tertiary/aromatic N) is 3. The average Bonchev–Trinajstić information content (AvgIpc) is 3.19. The Morgan fingerprint density at radius 1 is 0.964 bits per heavy atom. The van der Waals surface area contributed by atoms with Crippen LogP contribution in [-0.4, -0.2) is 32.2 Å². The highest BCUT2D eigenvalue weighted by molar-refractivity contribution is 5.74. The van der Waals surface area contributed by atoms with Crippen molar-refractivity contribution < 1.29 is 9.53 Å². The number of nitrogens with one attached hydrogen (secondary N) is 1. The van der Waals surface area contributed by atoms with Crippen molar-refractivity contribution in [1.29, 1.82) is 0 Å². The van der Waals surface area contributed by atoms with E-state index in [4.69, 9.17) is 4.74 Å². The molecule has 1 heterocycles. The number of carbonyl (C=O) groups excluding carboxylic acids is 1. The fraction of sp³-hybridized carbons (Fsp3) is 0.364. The van der Waals surface area contributed by atoms with Crippen LogP contribution in [0.15, 0.2) is 60.7 Å². The summed E-state index contributed by atoms with van der Waals surface area (Å²) in [6.45, 7) is 5.64. The van der Waals surface area contributed by atoms with Gasteiger partial charge in [-0.25, -0.2) is 0 Å². The molecule has 6 heteroatoms. The van der Waals surface area contributed by atoms with Crippen LogP contribution in [0.1, 0.15) is 43.6 Å². The molecule has 3 aromatic rings. The molecule has 2 aromatic carbocycles. The highest BCUT2D eigenvalue weighted by Crippen LogP contribution is 2.31. The summed E-state index contributed by atoms with van der Waals surface area (Å²) >= 11 is 0. The molecule has 2 atom stereocenters. The van der Waals surface area contributed by atoms with Crippen molar-refractivity contribution >= 4 is 5.97 Å². The quantitative estimate of drug-likeness (QED) is 0.634. The molecule has 0 saturated carbocycles. The average molecular weight is 378 g/mol.